The fourth-order valence-corrected chi connectivity index (χ4v) is 2.13. The van der Waals surface area contributed by atoms with Gasteiger partial charge in [0.15, 0.2) is 0 Å². The van der Waals surface area contributed by atoms with Gasteiger partial charge in [-0.1, -0.05) is 6.07 Å². The predicted molar refractivity (Wildman–Crippen MR) is 68.0 cm³/mol. The summed E-state index contributed by atoms with van der Waals surface area (Å²) in [5.41, 5.74) is 2.20. The van der Waals surface area contributed by atoms with Crippen molar-refractivity contribution < 1.29 is 9.84 Å². The summed E-state index contributed by atoms with van der Waals surface area (Å²) >= 11 is 0. The number of nitrogens with zero attached hydrogens (tertiary/aromatic N) is 1. The lowest BCUT2D eigenvalue weighted by Crippen LogP contribution is -2.40. The largest absolute Gasteiger partial charge is 0.386 e. The molecule has 4 nitrogen and oxygen atoms in total. The Hall–Kier alpha value is -1.41. The smallest absolute Gasteiger partial charge is 0.102 e. The lowest BCUT2D eigenvalue weighted by Gasteiger charge is -2.21. The number of benzene rings is 1. The molecule has 1 aliphatic rings. The summed E-state index contributed by atoms with van der Waals surface area (Å²) < 4.78 is 5.19. The van der Waals surface area contributed by atoms with Crippen molar-refractivity contribution in [3.05, 3.63) is 34.9 Å². The number of rotatable bonds is 4. The van der Waals surface area contributed by atoms with Crippen molar-refractivity contribution in [2.24, 2.45) is 0 Å². The first-order valence-corrected chi connectivity index (χ1v) is 6.13. The third-order valence-electron chi connectivity index (χ3n) is 3.32. The van der Waals surface area contributed by atoms with Gasteiger partial charge in [0, 0.05) is 26.1 Å². The van der Waals surface area contributed by atoms with Crippen LogP contribution in [0.1, 0.15) is 23.1 Å². The second kappa shape index (κ2) is 5.49. The SMILES string of the molecule is Cc1cc(C#N)ccc1CNCC1(O)CCOC1. The van der Waals surface area contributed by atoms with Crippen LogP contribution in [0.3, 0.4) is 0 Å². The Morgan fingerprint density at radius 3 is 3.00 bits per heavy atom. The summed E-state index contributed by atoms with van der Waals surface area (Å²) in [5, 5.41) is 22.1. The normalized spacial score (nSPS) is 22.9. The van der Waals surface area contributed by atoms with Crippen LogP contribution in [-0.4, -0.2) is 30.5 Å². The number of hydrogen-bond donors (Lipinski definition) is 2. The van der Waals surface area contributed by atoms with Crippen molar-refractivity contribution in [2.45, 2.75) is 25.5 Å². The molecule has 96 valence electrons. The van der Waals surface area contributed by atoms with E-state index in [2.05, 4.69) is 11.4 Å². The molecule has 2 N–H and O–H groups in total. The molecule has 1 aliphatic heterocycles. The molecule has 1 unspecified atom stereocenters. The minimum Gasteiger partial charge on any atom is -0.386 e. The third-order valence-corrected chi connectivity index (χ3v) is 3.32. The van der Waals surface area contributed by atoms with Gasteiger partial charge in [0.25, 0.3) is 0 Å². The maximum Gasteiger partial charge on any atom is 0.102 e. The van der Waals surface area contributed by atoms with Gasteiger partial charge in [-0.2, -0.15) is 5.26 Å². The standard InChI is InChI=1S/C14H18N2O2/c1-11-6-12(7-15)2-3-13(11)8-16-9-14(17)4-5-18-10-14/h2-3,6,16-17H,4-5,8-10H2,1H3. The van der Waals surface area contributed by atoms with Crippen LogP contribution in [-0.2, 0) is 11.3 Å². The first kappa shape index (κ1) is 13.0. The molecule has 18 heavy (non-hydrogen) atoms. The molecule has 0 aromatic heterocycles. The van der Waals surface area contributed by atoms with E-state index in [1.54, 1.807) is 0 Å². The average molecular weight is 246 g/mol. The highest BCUT2D eigenvalue weighted by molar-refractivity contribution is 5.37. The Bertz CT molecular complexity index is 459. The van der Waals surface area contributed by atoms with Crippen molar-refractivity contribution in [1.82, 2.24) is 5.32 Å². The molecule has 1 atom stereocenters. The molecule has 1 aromatic rings. The van der Waals surface area contributed by atoms with E-state index in [1.807, 2.05) is 25.1 Å². The molecule has 0 amide bonds. The van der Waals surface area contributed by atoms with Crippen LogP contribution in [0.4, 0.5) is 0 Å². The summed E-state index contributed by atoms with van der Waals surface area (Å²) in [5.74, 6) is 0. The molecule has 0 radical (unpaired) electrons. The van der Waals surface area contributed by atoms with Crippen molar-refractivity contribution in [3.63, 3.8) is 0 Å². The second-order valence-electron chi connectivity index (χ2n) is 4.88. The summed E-state index contributed by atoms with van der Waals surface area (Å²) in [6, 6.07) is 7.78. The van der Waals surface area contributed by atoms with E-state index in [1.165, 1.54) is 0 Å². The molecule has 0 saturated carbocycles. The Labute approximate surface area is 107 Å². The van der Waals surface area contributed by atoms with Crippen LogP contribution in [0.25, 0.3) is 0 Å². The van der Waals surface area contributed by atoms with Crippen molar-refractivity contribution in [3.8, 4) is 6.07 Å². The zero-order chi connectivity index (χ0) is 13.0. The summed E-state index contributed by atoms with van der Waals surface area (Å²) in [4.78, 5) is 0. The Morgan fingerprint density at radius 2 is 2.39 bits per heavy atom. The second-order valence-corrected chi connectivity index (χ2v) is 4.88. The minimum absolute atomic E-state index is 0.409. The van der Waals surface area contributed by atoms with E-state index in [4.69, 9.17) is 10.00 Å². The Morgan fingerprint density at radius 1 is 1.56 bits per heavy atom. The number of aliphatic hydroxyl groups is 1. The topological polar surface area (TPSA) is 65.3 Å². The van der Waals surface area contributed by atoms with E-state index in [-0.39, 0.29) is 0 Å². The monoisotopic (exact) mass is 246 g/mol. The van der Waals surface area contributed by atoms with Gasteiger partial charge in [0.05, 0.1) is 18.2 Å². The van der Waals surface area contributed by atoms with Crippen molar-refractivity contribution in [2.75, 3.05) is 19.8 Å². The maximum absolute atomic E-state index is 10.1. The molecular weight excluding hydrogens is 228 g/mol. The lowest BCUT2D eigenvalue weighted by atomic mass is 10.0. The van der Waals surface area contributed by atoms with Crippen molar-refractivity contribution >= 4 is 0 Å². The molecule has 1 fully saturated rings. The van der Waals surface area contributed by atoms with Gasteiger partial charge in [-0.3, -0.25) is 0 Å². The van der Waals surface area contributed by atoms with Gasteiger partial charge < -0.3 is 15.2 Å². The van der Waals surface area contributed by atoms with Crippen LogP contribution in [0, 0.1) is 18.3 Å². The first-order chi connectivity index (χ1) is 8.63. The molecule has 2 rings (SSSR count). The van der Waals surface area contributed by atoms with E-state index >= 15 is 0 Å². The minimum atomic E-state index is -0.722. The van der Waals surface area contributed by atoms with E-state index in [0.29, 0.717) is 38.3 Å². The molecular formula is C14H18N2O2. The van der Waals surface area contributed by atoms with Gasteiger partial charge in [-0.15, -0.1) is 0 Å². The quantitative estimate of drug-likeness (QED) is 0.835. The number of nitriles is 1. The van der Waals surface area contributed by atoms with Gasteiger partial charge in [-0.25, -0.2) is 0 Å². The predicted octanol–water partition coefficient (Wildman–Crippen LogP) is 1.11. The maximum atomic E-state index is 10.1. The van der Waals surface area contributed by atoms with Crippen LogP contribution in [0.5, 0.6) is 0 Å². The van der Waals surface area contributed by atoms with Gasteiger partial charge >= 0.3 is 0 Å². The Kier molecular flexibility index (Phi) is 3.97. The Balaban J connectivity index is 1.89. The lowest BCUT2D eigenvalue weighted by molar-refractivity contribution is 0.0268. The molecule has 1 saturated heterocycles. The molecule has 0 bridgehead atoms. The fourth-order valence-electron chi connectivity index (χ4n) is 2.13. The average Bonchev–Trinajstić information content (AvgIpc) is 2.78. The zero-order valence-corrected chi connectivity index (χ0v) is 10.6. The first-order valence-electron chi connectivity index (χ1n) is 6.13. The molecule has 0 spiro atoms. The van der Waals surface area contributed by atoms with Crippen LogP contribution >= 0.6 is 0 Å². The molecule has 1 heterocycles. The molecule has 4 heteroatoms. The zero-order valence-electron chi connectivity index (χ0n) is 10.6. The summed E-state index contributed by atoms with van der Waals surface area (Å²) in [6.07, 6.45) is 0.687. The summed E-state index contributed by atoms with van der Waals surface area (Å²) in [6.45, 7) is 4.26. The van der Waals surface area contributed by atoms with E-state index in [9.17, 15) is 5.11 Å². The van der Waals surface area contributed by atoms with Crippen LogP contribution < -0.4 is 5.32 Å². The van der Waals surface area contributed by atoms with Crippen LogP contribution in [0.2, 0.25) is 0 Å². The van der Waals surface area contributed by atoms with E-state index < -0.39 is 5.60 Å². The number of aryl methyl sites for hydroxylation is 1. The van der Waals surface area contributed by atoms with Crippen LogP contribution in [0.15, 0.2) is 18.2 Å². The number of hydrogen-bond acceptors (Lipinski definition) is 4. The highest BCUT2D eigenvalue weighted by Gasteiger charge is 2.31. The van der Waals surface area contributed by atoms with Gasteiger partial charge in [-0.05, 0) is 30.2 Å². The van der Waals surface area contributed by atoms with E-state index in [0.717, 1.165) is 11.1 Å². The third kappa shape index (κ3) is 3.08. The fraction of sp³-hybridized carbons (Fsp3) is 0.500. The molecule has 1 aromatic carbocycles. The van der Waals surface area contributed by atoms with Gasteiger partial charge in [0.1, 0.15) is 5.60 Å². The molecule has 0 aliphatic carbocycles. The van der Waals surface area contributed by atoms with Gasteiger partial charge in [0.2, 0.25) is 0 Å². The summed E-state index contributed by atoms with van der Waals surface area (Å²) in [7, 11) is 0. The van der Waals surface area contributed by atoms with Crippen molar-refractivity contribution in [1.29, 1.82) is 5.26 Å². The highest BCUT2D eigenvalue weighted by atomic mass is 16.5. The highest BCUT2D eigenvalue weighted by Crippen LogP contribution is 2.17. The number of ether oxygens (including phenoxy) is 1. The number of nitrogens with one attached hydrogen (secondary N) is 1.